The maximum absolute atomic E-state index is 13.6. The minimum Gasteiger partial charge on any atom is -0.497 e. The quantitative estimate of drug-likeness (QED) is 0.778. The van der Waals surface area contributed by atoms with Crippen molar-refractivity contribution in [3.8, 4) is 11.5 Å². The molecule has 0 spiro atoms. The number of amides is 1. The molecule has 0 saturated carbocycles. The number of carbonyl (C=O) groups excluding carboxylic acids is 2. The fourth-order valence-electron chi connectivity index (χ4n) is 4.75. The first-order chi connectivity index (χ1) is 14.8. The third-order valence-corrected chi connectivity index (χ3v) is 5.99. The van der Waals surface area contributed by atoms with Crippen molar-refractivity contribution in [3.05, 3.63) is 59.8 Å². The third kappa shape index (κ3) is 3.67. The molecule has 0 aromatic heterocycles. The van der Waals surface area contributed by atoms with Crippen LogP contribution in [0.15, 0.2) is 54.2 Å². The molecule has 31 heavy (non-hydrogen) atoms. The van der Waals surface area contributed by atoms with E-state index in [-0.39, 0.29) is 17.1 Å². The molecule has 1 aliphatic carbocycles. The van der Waals surface area contributed by atoms with Crippen molar-refractivity contribution in [2.75, 3.05) is 24.4 Å². The van der Waals surface area contributed by atoms with E-state index in [1.807, 2.05) is 42.5 Å². The molecule has 2 atom stereocenters. The summed E-state index contributed by atoms with van der Waals surface area (Å²) < 4.78 is 11.1. The highest BCUT2D eigenvalue weighted by Gasteiger charge is 2.46. The molecule has 4 rings (SSSR count). The van der Waals surface area contributed by atoms with Gasteiger partial charge in [0.25, 0.3) is 0 Å². The van der Waals surface area contributed by atoms with E-state index in [2.05, 4.69) is 25.2 Å². The van der Waals surface area contributed by atoms with E-state index >= 15 is 0 Å². The van der Waals surface area contributed by atoms with Gasteiger partial charge in [-0.3, -0.25) is 9.59 Å². The number of fused-ring (bicyclic) bond motifs is 2. The summed E-state index contributed by atoms with van der Waals surface area (Å²) in [6, 6.07) is 12.6. The van der Waals surface area contributed by atoms with Crippen molar-refractivity contribution in [1.29, 1.82) is 0 Å². The molecule has 6 heteroatoms. The number of nitrogens with one attached hydrogen (secondary N) is 1. The van der Waals surface area contributed by atoms with Crippen LogP contribution in [0, 0.1) is 11.3 Å². The van der Waals surface area contributed by atoms with Gasteiger partial charge in [-0.15, -0.1) is 0 Å². The fourth-order valence-corrected chi connectivity index (χ4v) is 4.75. The van der Waals surface area contributed by atoms with E-state index in [1.165, 1.54) is 6.92 Å². The smallest absolute Gasteiger partial charge is 0.224 e. The van der Waals surface area contributed by atoms with Crippen molar-refractivity contribution < 1.29 is 19.1 Å². The van der Waals surface area contributed by atoms with E-state index in [0.717, 1.165) is 22.6 Å². The molecule has 1 N–H and O–H groups in total. The van der Waals surface area contributed by atoms with Crippen LogP contribution in [0.3, 0.4) is 0 Å². The van der Waals surface area contributed by atoms with Crippen molar-refractivity contribution in [2.45, 2.75) is 33.2 Å². The minimum absolute atomic E-state index is 0.0870. The number of nitrogens with zero attached hydrogens (tertiary/aromatic N) is 1. The molecule has 6 nitrogen and oxygen atoms in total. The molecule has 0 bridgehead atoms. The Morgan fingerprint density at radius 3 is 2.55 bits per heavy atom. The molecule has 2 aromatic carbocycles. The van der Waals surface area contributed by atoms with Crippen LogP contribution in [-0.2, 0) is 9.59 Å². The molecule has 1 heterocycles. The molecular formula is C25H28N2O4. The Balaban J connectivity index is 2.04. The van der Waals surface area contributed by atoms with Gasteiger partial charge in [-0.2, -0.15) is 0 Å². The highest BCUT2D eigenvalue weighted by Crippen LogP contribution is 2.50. The van der Waals surface area contributed by atoms with E-state index in [0.29, 0.717) is 17.9 Å². The van der Waals surface area contributed by atoms with Gasteiger partial charge in [0, 0.05) is 24.6 Å². The average Bonchev–Trinajstić information content (AvgIpc) is 2.86. The number of allylic oxidation sites excluding steroid dienone is 1. The maximum Gasteiger partial charge on any atom is 0.224 e. The second-order valence-corrected chi connectivity index (χ2v) is 8.79. The Labute approximate surface area is 182 Å². The van der Waals surface area contributed by atoms with E-state index in [1.54, 1.807) is 19.1 Å². The van der Waals surface area contributed by atoms with Crippen LogP contribution in [-0.4, -0.2) is 25.9 Å². The van der Waals surface area contributed by atoms with Gasteiger partial charge in [0.1, 0.15) is 17.3 Å². The molecular weight excluding hydrogens is 392 g/mol. The summed E-state index contributed by atoms with van der Waals surface area (Å²) in [5.41, 5.74) is 2.79. The van der Waals surface area contributed by atoms with Gasteiger partial charge in [-0.05, 0) is 35.7 Å². The molecule has 162 valence electrons. The van der Waals surface area contributed by atoms with Gasteiger partial charge in [0.2, 0.25) is 5.91 Å². The van der Waals surface area contributed by atoms with Crippen molar-refractivity contribution in [2.24, 2.45) is 11.3 Å². The summed E-state index contributed by atoms with van der Waals surface area (Å²) in [5, 5.41) is 3.47. The predicted octanol–water partition coefficient (Wildman–Crippen LogP) is 4.72. The fraction of sp³-hybridized carbons (Fsp3) is 0.360. The number of rotatable bonds is 3. The lowest BCUT2D eigenvalue weighted by molar-refractivity contribution is -0.125. The minimum atomic E-state index is -0.575. The number of Topliss-reactive ketones (excluding diaryl/α,β-unsaturated/α-hetero) is 1. The highest BCUT2D eigenvalue weighted by molar-refractivity contribution is 6.00. The lowest BCUT2D eigenvalue weighted by Crippen LogP contribution is -2.43. The van der Waals surface area contributed by atoms with Crippen molar-refractivity contribution in [1.82, 2.24) is 0 Å². The summed E-state index contributed by atoms with van der Waals surface area (Å²) in [7, 11) is 3.19. The number of hydrogen-bond acceptors (Lipinski definition) is 5. The molecule has 1 amide bonds. The number of benzene rings is 2. The van der Waals surface area contributed by atoms with Gasteiger partial charge >= 0.3 is 0 Å². The van der Waals surface area contributed by atoms with Gasteiger partial charge in [0.05, 0.1) is 37.6 Å². The van der Waals surface area contributed by atoms with Crippen LogP contribution in [0.2, 0.25) is 0 Å². The number of ketones is 1. The topological polar surface area (TPSA) is 67.9 Å². The summed E-state index contributed by atoms with van der Waals surface area (Å²) in [6.45, 7) is 5.63. The number of anilines is 2. The van der Waals surface area contributed by atoms with Crippen LogP contribution >= 0.6 is 0 Å². The number of ether oxygens (including phenoxy) is 2. The maximum atomic E-state index is 13.6. The lowest BCUT2D eigenvalue weighted by atomic mass is 9.72. The van der Waals surface area contributed by atoms with Crippen LogP contribution in [0.4, 0.5) is 11.4 Å². The summed E-state index contributed by atoms with van der Waals surface area (Å²) >= 11 is 0. The van der Waals surface area contributed by atoms with Crippen LogP contribution in [0.25, 0.3) is 0 Å². The Hall–Kier alpha value is -3.28. The van der Waals surface area contributed by atoms with Crippen LogP contribution in [0.1, 0.15) is 38.8 Å². The third-order valence-electron chi connectivity index (χ3n) is 5.99. The number of methoxy groups -OCH3 is 2. The monoisotopic (exact) mass is 420 g/mol. The van der Waals surface area contributed by atoms with Crippen molar-refractivity contribution >= 4 is 23.1 Å². The zero-order chi connectivity index (χ0) is 22.3. The van der Waals surface area contributed by atoms with Gasteiger partial charge in [-0.1, -0.05) is 32.1 Å². The molecule has 2 unspecified atom stereocenters. The number of carbonyl (C=O) groups is 2. The molecule has 1 aliphatic heterocycles. The summed E-state index contributed by atoms with van der Waals surface area (Å²) in [4.78, 5) is 28.3. The van der Waals surface area contributed by atoms with E-state index in [4.69, 9.17) is 9.47 Å². The van der Waals surface area contributed by atoms with E-state index in [9.17, 15) is 9.59 Å². The summed E-state index contributed by atoms with van der Waals surface area (Å²) in [5.74, 6) is 0.629. The van der Waals surface area contributed by atoms with Gasteiger partial charge in [0.15, 0.2) is 0 Å². The normalized spacial score (nSPS) is 21.8. The molecule has 0 radical (unpaired) electrons. The Morgan fingerprint density at radius 2 is 1.87 bits per heavy atom. The van der Waals surface area contributed by atoms with Gasteiger partial charge < -0.3 is 19.7 Å². The zero-order valence-corrected chi connectivity index (χ0v) is 18.6. The summed E-state index contributed by atoms with van der Waals surface area (Å²) in [6.07, 6.45) is 2.52. The lowest BCUT2D eigenvalue weighted by Gasteiger charge is -2.39. The Bertz CT molecular complexity index is 1070. The van der Waals surface area contributed by atoms with Gasteiger partial charge in [-0.25, -0.2) is 0 Å². The zero-order valence-electron chi connectivity index (χ0n) is 18.6. The standard InChI is InChI=1S/C25H28N2O4/c1-15(28)27-20-9-7-6-8-18(20)26-19-13-25(2,3)14-21(29)23(19)24(27)17-12-16(30-4)10-11-22(17)31-5/h6-13,23-24,26H,14H2,1-5H3. The Morgan fingerprint density at radius 1 is 1.13 bits per heavy atom. The predicted molar refractivity (Wildman–Crippen MR) is 120 cm³/mol. The van der Waals surface area contributed by atoms with Crippen molar-refractivity contribution in [3.63, 3.8) is 0 Å². The van der Waals surface area contributed by atoms with Crippen LogP contribution < -0.4 is 19.7 Å². The molecule has 2 aliphatic rings. The first kappa shape index (κ1) is 21.0. The second kappa shape index (κ2) is 7.76. The molecule has 0 fully saturated rings. The first-order valence-electron chi connectivity index (χ1n) is 10.4. The Kier molecular flexibility index (Phi) is 5.25. The van der Waals surface area contributed by atoms with Crippen LogP contribution in [0.5, 0.6) is 11.5 Å². The average molecular weight is 421 g/mol. The first-order valence-corrected chi connectivity index (χ1v) is 10.4. The number of para-hydroxylation sites is 2. The molecule has 0 saturated heterocycles. The largest absolute Gasteiger partial charge is 0.497 e. The molecule has 2 aromatic rings. The SMILES string of the molecule is COc1ccc(OC)c(C2C3C(=O)CC(C)(C)C=C3Nc3ccccc3N2C(C)=O)c1. The van der Waals surface area contributed by atoms with E-state index < -0.39 is 12.0 Å². The number of hydrogen-bond donors (Lipinski definition) is 1. The second-order valence-electron chi connectivity index (χ2n) is 8.79. The highest BCUT2D eigenvalue weighted by atomic mass is 16.5.